The lowest BCUT2D eigenvalue weighted by molar-refractivity contribution is -0.154. The summed E-state index contributed by atoms with van der Waals surface area (Å²) in [5.74, 6) is -0.875. The summed E-state index contributed by atoms with van der Waals surface area (Å²) in [4.78, 5) is 11.6. The molecule has 1 heterocycles. The van der Waals surface area contributed by atoms with Crippen LogP contribution >= 0.6 is 0 Å². The lowest BCUT2D eigenvalue weighted by Crippen LogP contribution is -2.39. The van der Waals surface area contributed by atoms with E-state index in [0.717, 1.165) is 6.42 Å². The van der Waals surface area contributed by atoms with Crippen molar-refractivity contribution in [3.8, 4) is 0 Å². The van der Waals surface area contributed by atoms with Gasteiger partial charge in [0.2, 0.25) is 0 Å². The summed E-state index contributed by atoms with van der Waals surface area (Å²) >= 11 is 0. The van der Waals surface area contributed by atoms with Gasteiger partial charge >= 0.3 is 5.97 Å². The van der Waals surface area contributed by atoms with Crippen molar-refractivity contribution >= 4 is 5.97 Å². The summed E-state index contributed by atoms with van der Waals surface area (Å²) in [5, 5.41) is 0. The highest BCUT2D eigenvalue weighted by molar-refractivity contribution is 5.90. The molecular formula is C13H20O5. The largest absolute Gasteiger partial charge is 0.466 e. The molecule has 1 saturated heterocycles. The molecule has 5 heteroatoms. The lowest BCUT2D eigenvalue weighted by atomic mass is 9.79. The van der Waals surface area contributed by atoms with E-state index in [4.69, 9.17) is 18.9 Å². The Hall–Kier alpha value is -0.910. The van der Waals surface area contributed by atoms with Crippen molar-refractivity contribution in [2.45, 2.75) is 38.3 Å². The third-order valence-electron chi connectivity index (χ3n) is 3.36. The molecule has 5 nitrogen and oxygen atoms in total. The highest BCUT2D eigenvalue weighted by Gasteiger charge is 2.48. The van der Waals surface area contributed by atoms with Crippen LogP contribution in [-0.2, 0) is 23.7 Å². The first kappa shape index (κ1) is 13.5. The Kier molecular flexibility index (Phi) is 3.75. The van der Waals surface area contributed by atoms with Crippen LogP contribution in [0.5, 0.6) is 0 Å². The van der Waals surface area contributed by atoms with Gasteiger partial charge in [-0.25, -0.2) is 4.79 Å². The highest BCUT2D eigenvalue weighted by Crippen LogP contribution is 2.41. The molecule has 0 aromatic heterocycles. The first-order chi connectivity index (χ1) is 8.48. The van der Waals surface area contributed by atoms with Crippen molar-refractivity contribution in [3.63, 3.8) is 0 Å². The second-order valence-corrected chi connectivity index (χ2v) is 5.09. The topological polar surface area (TPSA) is 54.0 Å². The highest BCUT2D eigenvalue weighted by atomic mass is 16.8. The average molecular weight is 256 g/mol. The number of esters is 1. The van der Waals surface area contributed by atoms with Gasteiger partial charge in [0.25, 0.3) is 0 Å². The molecule has 0 amide bonds. The molecule has 3 unspecified atom stereocenters. The Balaban J connectivity index is 2.08. The van der Waals surface area contributed by atoms with E-state index in [1.165, 1.54) is 7.11 Å². The first-order valence-corrected chi connectivity index (χ1v) is 6.11. The summed E-state index contributed by atoms with van der Waals surface area (Å²) in [7, 11) is 3.02. The van der Waals surface area contributed by atoms with Gasteiger partial charge in [0, 0.05) is 18.6 Å². The molecule has 0 spiro atoms. The van der Waals surface area contributed by atoms with Gasteiger partial charge in [-0.3, -0.25) is 0 Å². The monoisotopic (exact) mass is 256 g/mol. The summed E-state index contributed by atoms with van der Waals surface area (Å²) in [6.07, 6.45) is 2.39. The molecule has 0 N–H and O–H groups in total. The zero-order valence-corrected chi connectivity index (χ0v) is 11.3. The molecule has 0 radical (unpaired) electrons. The number of rotatable bonds is 4. The van der Waals surface area contributed by atoms with Gasteiger partial charge in [-0.15, -0.1) is 0 Å². The van der Waals surface area contributed by atoms with Crippen LogP contribution in [0.2, 0.25) is 0 Å². The zero-order chi connectivity index (χ0) is 13.3. The normalized spacial score (nSPS) is 33.8. The fourth-order valence-electron chi connectivity index (χ4n) is 2.53. The summed E-state index contributed by atoms with van der Waals surface area (Å²) < 4.78 is 21.6. The lowest BCUT2D eigenvalue weighted by Gasteiger charge is -2.32. The van der Waals surface area contributed by atoms with Gasteiger partial charge in [-0.1, -0.05) is 6.08 Å². The van der Waals surface area contributed by atoms with E-state index in [-0.39, 0.29) is 24.1 Å². The van der Waals surface area contributed by atoms with Gasteiger partial charge in [0.1, 0.15) is 6.10 Å². The predicted molar refractivity (Wildman–Crippen MR) is 63.9 cm³/mol. The van der Waals surface area contributed by atoms with Crippen molar-refractivity contribution < 1.29 is 23.7 Å². The van der Waals surface area contributed by atoms with Gasteiger partial charge in [-0.05, 0) is 20.3 Å². The molecule has 0 aromatic rings. The Morgan fingerprint density at radius 1 is 1.44 bits per heavy atom. The molecule has 1 fully saturated rings. The van der Waals surface area contributed by atoms with Gasteiger partial charge in [-0.2, -0.15) is 0 Å². The van der Waals surface area contributed by atoms with Crippen molar-refractivity contribution in [2.24, 2.45) is 5.92 Å². The van der Waals surface area contributed by atoms with E-state index >= 15 is 0 Å². The van der Waals surface area contributed by atoms with Crippen LogP contribution in [0.15, 0.2) is 11.6 Å². The molecular weight excluding hydrogens is 236 g/mol. The number of carbonyl (C=O) groups excluding carboxylic acids is 1. The first-order valence-electron chi connectivity index (χ1n) is 6.11. The Labute approximate surface area is 107 Å². The minimum atomic E-state index is -0.634. The van der Waals surface area contributed by atoms with Crippen molar-refractivity contribution in [2.75, 3.05) is 20.8 Å². The number of ether oxygens (including phenoxy) is 4. The minimum absolute atomic E-state index is 0.0411. The maximum atomic E-state index is 11.6. The van der Waals surface area contributed by atoms with Crippen molar-refractivity contribution in [1.29, 1.82) is 0 Å². The minimum Gasteiger partial charge on any atom is -0.466 e. The van der Waals surface area contributed by atoms with Crippen molar-refractivity contribution in [3.05, 3.63) is 11.6 Å². The van der Waals surface area contributed by atoms with E-state index in [9.17, 15) is 4.79 Å². The van der Waals surface area contributed by atoms with E-state index in [1.54, 1.807) is 7.11 Å². The van der Waals surface area contributed by atoms with Gasteiger partial charge < -0.3 is 18.9 Å². The summed E-state index contributed by atoms with van der Waals surface area (Å²) in [5.41, 5.74) is 0.685. The number of allylic oxidation sites excluding steroid dienone is 1. The van der Waals surface area contributed by atoms with E-state index < -0.39 is 5.79 Å². The second kappa shape index (κ2) is 4.99. The van der Waals surface area contributed by atoms with E-state index in [2.05, 4.69) is 0 Å². The maximum Gasteiger partial charge on any atom is 0.333 e. The Bertz CT molecular complexity index is 360. The molecule has 0 bridgehead atoms. The number of carbonyl (C=O) groups is 1. The second-order valence-electron chi connectivity index (χ2n) is 5.09. The van der Waals surface area contributed by atoms with Crippen LogP contribution in [0.3, 0.4) is 0 Å². The zero-order valence-electron chi connectivity index (χ0n) is 11.3. The molecule has 0 saturated carbocycles. The van der Waals surface area contributed by atoms with Crippen molar-refractivity contribution in [1.82, 2.24) is 0 Å². The molecule has 2 aliphatic rings. The van der Waals surface area contributed by atoms with Crippen LogP contribution in [0.4, 0.5) is 0 Å². The fourth-order valence-corrected chi connectivity index (χ4v) is 2.53. The van der Waals surface area contributed by atoms with Crippen LogP contribution in [0.25, 0.3) is 0 Å². The number of hydrogen-bond acceptors (Lipinski definition) is 5. The molecule has 3 atom stereocenters. The van der Waals surface area contributed by atoms with Crippen LogP contribution in [-0.4, -0.2) is 44.8 Å². The fraction of sp³-hybridized carbons (Fsp3) is 0.769. The number of methoxy groups -OCH3 is 2. The Morgan fingerprint density at radius 3 is 2.67 bits per heavy atom. The quantitative estimate of drug-likeness (QED) is 0.709. The molecule has 1 aliphatic heterocycles. The van der Waals surface area contributed by atoms with Crippen LogP contribution in [0, 0.1) is 5.92 Å². The van der Waals surface area contributed by atoms with Gasteiger partial charge in [0.15, 0.2) is 5.79 Å². The van der Waals surface area contributed by atoms with Crippen LogP contribution < -0.4 is 0 Å². The smallest absolute Gasteiger partial charge is 0.333 e. The predicted octanol–water partition coefficient (Wildman–Crippen LogP) is 1.27. The SMILES string of the molecule is COCC1OC(C)(C)OC1C1CC=C1C(=O)OC. The van der Waals surface area contributed by atoms with Crippen LogP contribution in [0.1, 0.15) is 20.3 Å². The van der Waals surface area contributed by atoms with Gasteiger partial charge in [0.05, 0.1) is 19.8 Å². The number of hydrogen-bond donors (Lipinski definition) is 0. The molecule has 102 valence electrons. The van der Waals surface area contributed by atoms with E-state index in [1.807, 2.05) is 19.9 Å². The Morgan fingerprint density at radius 2 is 2.17 bits per heavy atom. The average Bonchev–Trinajstić information content (AvgIpc) is 2.52. The molecule has 18 heavy (non-hydrogen) atoms. The molecule has 1 aliphatic carbocycles. The third kappa shape index (κ3) is 2.43. The van der Waals surface area contributed by atoms with E-state index in [0.29, 0.717) is 12.2 Å². The molecule has 0 aromatic carbocycles. The summed E-state index contributed by atoms with van der Waals surface area (Å²) in [6, 6.07) is 0. The maximum absolute atomic E-state index is 11.6. The summed E-state index contributed by atoms with van der Waals surface area (Å²) in [6.45, 7) is 4.20. The molecule has 2 rings (SSSR count). The standard InChI is InChI=1S/C13H20O5/c1-13(2)17-10(7-15-3)11(18-13)8-5-6-9(8)12(14)16-4/h6,8,10-11H,5,7H2,1-4H3. The third-order valence-corrected chi connectivity index (χ3v) is 3.36.